The smallest absolute Gasteiger partial charge is 0.0691 e. The molecule has 0 radical (unpaired) electrons. The van der Waals surface area contributed by atoms with Gasteiger partial charge in [0.05, 0.1) is 6.10 Å². The number of nitrogens with two attached hydrogens (primary N) is 1. The van der Waals surface area contributed by atoms with Crippen LogP contribution in [-0.2, 0) is 0 Å². The lowest BCUT2D eigenvalue weighted by molar-refractivity contribution is 0.0166. The molecule has 2 aliphatic carbocycles. The highest BCUT2D eigenvalue weighted by atomic mass is 16.3. The van der Waals surface area contributed by atoms with Crippen LogP contribution in [0.3, 0.4) is 0 Å². The van der Waals surface area contributed by atoms with E-state index >= 15 is 0 Å². The van der Waals surface area contributed by atoms with Gasteiger partial charge in [0.15, 0.2) is 0 Å². The third-order valence-electron chi connectivity index (χ3n) is 5.65. The Morgan fingerprint density at radius 3 is 2.44 bits per heavy atom. The molecule has 2 heteroatoms. The minimum Gasteiger partial charge on any atom is -0.392 e. The van der Waals surface area contributed by atoms with E-state index in [-0.39, 0.29) is 12.1 Å². The number of rotatable bonds is 3. The Morgan fingerprint density at radius 1 is 1.38 bits per heavy atom. The van der Waals surface area contributed by atoms with E-state index in [0.717, 1.165) is 12.3 Å². The van der Waals surface area contributed by atoms with E-state index in [2.05, 4.69) is 20.8 Å². The molecule has 0 aromatic carbocycles. The molecule has 2 bridgehead atoms. The summed E-state index contributed by atoms with van der Waals surface area (Å²) in [7, 11) is 0. The molecule has 0 heterocycles. The summed E-state index contributed by atoms with van der Waals surface area (Å²) in [6.07, 6.45) is 4.64. The van der Waals surface area contributed by atoms with Crippen LogP contribution in [0.25, 0.3) is 0 Å². The lowest BCUT2D eigenvalue weighted by Gasteiger charge is -2.44. The van der Waals surface area contributed by atoms with Crippen molar-refractivity contribution in [2.24, 2.45) is 28.4 Å². The third kappa shape index (κ3) is 1.70. The quantitative estimate of drug-likeness (QED) is 0.775. The molecule has 0 aromatic heterocycles. The van der Waals surface area contributed by atoms with Crippen molar-refractivity contribution in [2.45, 2.75) is 65.5 Å². The molecule has 2 nitrogen and oxygen atoms in total. The highest BCUT2D eigenvalue weighted by Crippen LogP contribution is 2.67. The van der Waals surface area contributed by atoms with E-state index in [0.29, 0.717) is 16.7 Å². The molecule has 2 rings (SSSR count). The molecule has 0 aliphatic heterocycles. The molecule has 0 saturated heterocycles. The first-order valence-corrected chi connectivity index (χ1v) is 6.71. The van der Waals surface area contributed by atoms with Gasteiger partial charge in [-0.3, -0.25) is 0 Å². The lowest BCUT2D eigenvalue weighted by atomic mass is 9.62. The second-order valence-electron chi connectivity index (χ2n) is 7.13. The van der Waals surface area contributed by atoms with Crippen LogP contribution in [0.15, 0.2) is 0 Å². The standard InChI is InChI=1S/C14H27NO/c1-9(15)11(16)7-12-13(2,3)10-5-6-14(12,4)8-10/h9-12,16H,5-8,15H2,1-4H3. The third-order valence-corrected chi connectivity index (χ3v) is 5.65. The second kappa shape index (κ2) is 3.71. The van der Waals surface area contributed by atoms with Crippen molar-refractivity contribution in [3.63, 3.8) is 0 Å². The van der Waals surface area contributed by atoms with Gasteiger partial charge < -0.3 is 10.8 Å². The van der Waals surface area contributed by atoms with Gasteiger partial charge in [0.25, 0.3) is 0 Å². The SMILES string of the molecule is CC(N)C(O)CC1C2(C)CCC(C2)C1(C)C. The average molecular weight is 225 g/mol. The first-order valence-electron chi connectivity index (χ1n) is 6.71. The summed E-state index contributed by atoms with van der Waals surface area (Å²) in [5.74, 6) is 1.50. The van der Waals surface area contributed by atoms with Gasteiger partial charge in [-0.05, 0) is 55.3 Å². The van der Waals surface area contributed by atoms with E-state index in [1.807, 2.05) is 6.92 Å². The van der Waals surface area contributed by atoms with E-state index < -0.39 is 0 Å². The summed E-state index contributed by atoms with van der Waals surface area (Å²) in [5.41, 5.74) is 6.65. The fourth-order valence-corrected chi connectivity index (χ4v) is 4.45. The monoisotopic (exact) mass is 225 g/mol. The molecular weight excluding hydrogens is 198 g/mol. The van der Waals surface area contributed by atoms with E-state index in [1.165, 1.54) is 19.3 Å². The van der Waals surface area contributed by atoms with Crippen molar-refractivity contribution >= 4 is 0 Å². The molecule has 2 saturated carbocycles. The summed E-state index contributed by atoms with van der Waals surface area (Å²) < 4.78 is 0. The Morgan fingerprint density at radius 2 is 2.00 bits per heavy atom. The zero-order chi connectivity index (χ0) is 12.1. The average Bonchev–Trinajstić information content (AvgIpc) is 2.63. The first-order chi connectivity index (χ1) is 7.27. The summed E-state index contributed by atoms with van der Waals surface area (Å²) >= 11 is 0. The van der Waals surface area contributed by atoms with Crippen molar-refractivity contribution in [1.82, 2.24) is 0 Å². The molecule has 2 fully saturated rings. The van der Waals surface area contributed by atoms with Gasteiger partial charge in [-0.15, -0.1) is 0 Å². The fraction of sp³-hybridized carbons (Fsp3) is 1.00. The van der Waals surface area contributed by atoms with Crippen LogP contribution in [0, 0.1) is 22.7 Å². The molecule has 94 valence electrons. The number of aliphatic hydroxyl groups excluding tert-OH is 1. The van der Waals surface area contributed by atoms with Crippen LogP contribution in [0.1, 0.15) is 53.4 Å². The second-order valence-corrected chi connectivity index (χ2v) is 7.13. The van der Waals surface area contributed by atoms with Crippen LogP contribution in [0.4, 0.5) is 0 Å². The molecule has 2 aliphatic rings. The van der Waals surface area contributed by atoms with Crippen molar-refractivity contribution < 1.29 is 5.11 Å². The van der Waals surface area contributed by atoms with E-state index in [1.54, 1.807) is 0 Å². The molecule has 5 unspecified atom stereocenters. The zero-order valence-corrected chi connectivity index (χ0v) is 11.2. The maximum absolute atomic E-state index is 10.0. The van der Waals surface area contributed by atoms with Crippen LogP contribution < -0.4 is 5.73 Å². The molecular formula is C14H27NO. The zero-order valence-electron chi connectivity index (χ0n) is 11.2. The number of fused-ring (bicyclic) bond motifs is 2. The van der Waals surface area contributed by atoms with Gasteiger partial charge in [0.2, 0.25) is 0 Å². The first kappa shape index (κ1) is 12.4. The largest absolute Gasteiger partial charge is 0.392 e. The fourth-order valence-electron chi connectivity index (χ4n) is 4.45. The van der Waals surface area contributed by atoms with Crippen molar-refractivity contribution in [1.29, 1.82) is 0 Å². The van der Waals surface area contributed by atoms with Crippen LogP contribution in [0.5, 0.6) is 0 Å². The van der Waals surface area contributed by atoms with Crippen LogP contribution in [0.2, 0.25) is 0 Å². The predicted octanol–water partition coefficient (Wildman–Crippen LogP) is 2.55. The summed E-state index contributed by atoms with van der Waals surface area (Å²) in [6, 6.07) is -0.0986. The van der Waals surface area contributed by atoms with Gasteiger partial charge in [-0.25, -0.2) is 0 Å². The van der Waals surface area contributed by atoms with Crippen molar-refractivity contribution in [2.75, 3.05) is 0 Å². The van der Waals surface area contributed by atoms with Gasteiger partial charge in [-0.1, -0.05) is 20.8 Å². The topological polar surface area (TPSA) is 46.2 Å². The van der Waals surface area contributed by atoms with Gasteiger partial charge in [0.1, 0.15) is 0 Å². The minimum absolute atomic E-state index is 0.0986. The molecule has 0 spiro atoms. The van der Waals surface area contributed by atoms with E-state index in [9.17, 15) is 5.11 Å². The summed E-state index contributed by atoms with van der Waals surface area (Å²) in [5, 5.41) is 10.0. The van der Waals surface area contributed by atoms with Crippen LogP contribution in [-0.4, -0.2) is 17.3 Å². The lowest BCUT2D eigenvalue weighted by Crippen LogP contribution is -2.41. The molecule has 16 heavy (non-hydrogen) atoms. The molecule has 5 atom stereocenters. The summed E-state index contributed by atoms with van der Waals surface area (Å²) in [6.45, 7) is 9.11. The van der Waals surface area contributed by atoms with Crippen LogP contribution >= 0.6 is 0 Å². The highest BCUT2D eigenvalue weighted by Gasteiger charge is 2.59. The van der Waals surface area contributed by atoms with E-state index in [4.69, 9.17) is 5.73 Å². The van der Waals surface area contributed by atoms with Gasteiger partial charge in [0, 0.05) is 6.04 Å². The highest BCUT2D eigenvalue weighted by molar-refractivity contribution is 5.08. The summed E-state index contributed by atoms with van der Waals surface area (Å²) in [4.78, 5) is 0. The van der Waals surface area contributed by atoms with Crippen molar-refractivity contribution in [3.8, 4) is 0 Å². The predicted molar refractivity (Wildman–Crippen MR) is 67.0 cm³/mol. The molecule has 3 N–H and O–H groups in total. The Bertz CT molecular complexity index is 269. The number of hydrogen-bond acceptors (Lipinski definition) is 2. The van der Waals surface area contributed by atoms with Crippen molar-refractivity contribution in [3.05, 3.63) is 0 Å². The number of aliphatic hydroxyl groups is 1. The Labute approximate surface area is 99.6 Å². The Kier molecular flexibility index (Phi) is 2.87. The maximum atomic E-state index is 10.0. The number of hydrogen-bond donors (Lipinski definition) is 2. The normalized spacial score (nSPS) is 44.6. The Balaban J connectivity index is 2.14. The minimum atomic E-state index is -0.333. The molecule has 0 aromatic rings. The van der Waals surface area contributed by atoms with Gasteiger partial charge in [-0.2, -0.15) is 0 Å². The maximum Gasteiger partial charge on any atom is 0.0691 e. The Hall–Kier alpha value is -0.0800. The molecule has 0 amide bonds. The van der Waals surface area contributed by atoms with Gasteiger partial charge >= 0.3 is 0 Å².